The van der Waals surface area contributed by atoms with E-state index in [9.17, 15) is 9.59 Å². The van der Waals surface area contributed by atoms with Gasteiger partial charge in [0.05, 0.1) is 13.2 Å². The van der Waals surface area contributed by atoms with Gasteiger partial charge in [0.1, 0.15) is 0 Å². The monoisotopic (exact) mass is 865 g/mol. The molecule has 0 aliphatic rings. The lowest BCUT2D eigenvalue weighted by molar-refractivity contribution is -0.141. The van der Waals surface area contributed by atoms with Crippen molar-refractivity contribution in [3.05, 3.63) is 0 Å². The average molecular weight is 866 g/mol. The summed E-state index contributed by atoms with van der Waals surface area (Å²) in [6, 6.07) is 0. The molecule has 0 unspecified atom stereocenters. The van der Waals surface area contributed by atoms with Crippen molar-refractivity contribution in [3.8, 4) is 0 Å². The molecule has 0 aromatic heterocycles. The molecule has 0 heterocycles. The van der Waals surface area contributed by atoms with E-state index in [-0.39, 0.29) is 11.9 Å². The highest BCUT2D eigenvalue weighted by molar-refractivity contribution is 5.66. The minimum absolute atomic E-state index is 0.211. The third kappa shape index (κ3) is 213. The van der Waals surface area contributed by atoms with Crippen molar-refractivity contribution < 1.29 is 19.1 Å². The lowest BCUT2D eigenvalue weighted by atomic mass is 10.1. The van der Waals surface area contributed by atoms with Crippen LogP contribution in [0.1, 0.15) is 297 Å². The first-order valence-electron chi connectivity index (χ1n) is 26.0. The number of rotatable bonds is 18. The SMILES string of the molecule is CCCC(C)C.CCCC(C)C.CCCC(C)C.CCCC(C)C.CCCC(C)C.CCCC(C)C.CCCC(C)C.CCCC(C)C.CCOC(C)=O.CCOC(C)=O. The van der Waals surface area contributed by atoms with Crippen molar-refractivity contribution in [2.24, 2.45) is 47.3 Å². The Morgan fingerprint density at radius 3 is 0.367 bits per heavy atom. The van der Waals surface area contributed by atoms with Gasteiger partial charge < -0.3 is 9.47 Å². The van der Waals surface area contributed by atoms with Crippen LogP contribution < -0.4 is 0 Å². The van der Waals surface area contributed by atoms with Crippen molar-refractivity contribution in [1.82, 2.24) is 0 Å². The summed E-state index contributed by atoms with van der Waals surface area (Å²) in [6.45, 7) is 61.1. The molecule has 0 amide bonds. The van der Waals surface area contributed by atoms with Gasteiger partial charge in [-0.15, -0.1) is 0 Å². The topological polar surface area (TPSA) is 52.6 Å². The van der Waals surface area contributed by atoms with Crippen molar-refractivity contribution in [3.63, 3.8) is 0 Å². The lowest BCUT2D eigenvalue weighted by Gasteiger charge is -1.95. The van der Waals surface area contributed by atoms with Crippen molar-refractivity contribution in [2.75, 3.05) is 13.2 Å². The Morgan fingerprint density at radius 1 is 0.267 bits per heavy atom. The van der Waals surface area contributed by atoms with Gasteiger partial charge in [0, 0.05) is 13.8 Å². The Morgan fingerprint density at radius 2 is 0.367 bits per heavy atom. The van der Waals surface area contributed by atoms with E-state index < -0.39 is 0 Å². The Kier molecular flexibility index (Phi) is 108. The van der Waals surface area contributed by atoms with Gasteiger partial charge in [0.25, 0.3) is 0 Å². The van der Waals surface area contributed by atoms with Gasteiger partial charge in [-0.2, -0.15) is 0 Å². The van der Waals surface area contributed by atoms with Crippen LogP contribution in [-0.4, -0.2) is 25.2 Å². The van der Waals surface area contributed by atoms with Crippen molar-refractivity contribution in [1.29, 1.82) is 0 Å². The molecule has 0 aliphatic carbocycles. The number of carbonyl (C=O) groups excluding carboxylic acids is 2. The Balaban J connectivity index is -0.0000000579. The molecular weight excluding hydrogens is 737 g/mol. The molecule has 0 bridgehead atoms. The summed E-state index contributed by atoms with van der Waals surface area (Å²) in [5.74, 6) is 6.76. The fourth-order valence-corrected chi connectivity index (χ4v) is 5.03. The minimum Gasteiger partial charge on any atom is -0.466 e. The average Bonchev–Trinajstić information content (AvgIpc) is 3.07. The van der Waals surface area contributed by atoms with Crippen LogP contribution in [0, 0.1) is 47.3 Å². The van der Waals surface area contributed by atoms with Crippen LogP contribution in [0.4, 0.5) is 0 Å². The smallest absolute Gasteiger partial charge is 0.302 e. The van der Waals surface area contributed by atoms with Crippen LogP contribution in [0.5, 0.6) is 0 Å². The van der Waals surface area contributed by atoms with Crippen LogP contribution in [0.2, 0.25) is 0 Å². The molecule has 0 fully saturated rings. The second-order valence-electron chi connectivity index (χ2n) is 19.3. The van der Waals surface area contributed by atoms with Gasteiger partial charge in [-0.05, 0) is 61.2 Å². The molecule has 0 spiro atoms. The van der Waals surface area contributed by atoms with Gasteiger partial charge in [-0.1, -0.05) is 269 Å². The number of hydrogen-bond acceptors (Lipinski definition) is 4. The largest absolute Gasteiger partial charge is 0.466 e. The number of carbonyl (C=O) groups is 2. The molecule has 60 heavy (non-hydrogen) atoms. The molecule has 0 saturated carbocycles. The summed E-state index contributed by atoms with van der Waals surface area (Å²) in [5.41, 5.74) is 0. The standard InChI is InChI=1S/8C6H14.2C4H8O2/c8*1-4-5-6(2)3;2*1-3-6-4(2)5/h8*6H,4-5H2,1-3H3;2*3H2,1-2H3. The maximum Gasteiger partial charge on any atom is 0.302 e. The maximum atomic E-state index is 9.82. The molecule has 0 aromatic rings. The third-order valence-electron chi connectivity index (χ3n) is 7.62. The molecule has 4 heteroatoms. The maximum absolute atomic E-state index is 9.82. The van der Waals surface area contributed by atoms with Crippen LogP contribution >= 0.6 is 0 Å². The normalized spacial score (nSPS) is 9.53. The molecule has 0 radical (unpaired) electrons. The fourth-order valence-electron chi connectivity index (χ4n) is 5.03. The van der Waals surface area contributed by atoms with E-state index in [4.69, 9.17) is 0 Å². The first kappa shape index (κ1) is 82.6. The molecule has 0 aliphatic heterocycles. The molecule has 0 saturated heterocycles. The van der Waals surface area contributed by atoms with Gasteiger partial charge in [0.15, 0.2) is 0 Å². The van der Waals surface area contributed by atoms with Crippen molar-refractivity contribution in [2.45, 2.75) is 297 Å². The van der Waals surface area contributed by atoms with Crippen LogP contribution in [0.25, 0.3) is 0 Å². The third-order valence-corrected chi connectivity index (χ3v) is 7.62. The predicted octanol–water partition coefficient (Wildman–Crippen LogP) is 20.7. The summed E-state index contributed by atoms with van der Waals surface area (Å²) < 4.78 is 8.81. The molecule has 0 rings (SSSR count). The first-order valence-corrected chi connectivity index (χ1v) is 26.0. The summed E-state index contributed by atoms with van der Waals surface area (Å²) in [5, 5.41) is 0. The van der Waals surface area contributed by atoms with E-state index in [2.05, 4.69) is 176 Å². The minimum atomic E-state index is -0.211. The zero-order valence-corrected chi connectivity index (χ0v) is 48.0. The molecule has 376 valence electrons. The summed E-state index contributed by atoms with van der Waals surface area (Å²) >= 11 is 0. The summed E-state index contributed by atoms with van der Waals surface area (Å²) in [6.07, 6.45) is 21.6. The molecule has 0 atom stereocenters. The highest BCUT2D eigenvalue weighted by atomic mass is 16.5. The molecular formula is C56H128O4. The van der Waals surface area contributed by atoms with Crippen LogP contribution in [0.15, 0.2) is 0 Å². The van der Waals surface area contributed by atoms with Crippen LogP contribution in [-0.2, 0) is 19.1 Å². The zero-order chi connectivity index (χ0) is 49.9. The van der Waals surface area contributed by atoms with E-state index in [1.807, 2.05) is 0 Å². The predicted molar refractivity (Wildman–Crippen MR) is 283 cm³/mol. The van der Waals surface area contributed by atoms with Crippen LogP contribution in [0.3, 0.4) is 0 Å². The second kappa shape index (κ2) is 78.4. The van der Waals surface area contributed by atoms with Crippen molar-refractivity contribution >= 4 is 11.9 Å². The van der Waals surface area contributed by atoms with E-state index in [0.29, 0.717) is 13.2 Å². The molecule has 0 N–H and O–H groups in total. The quantitative estimate of drug-likeness (QED) is 0.129. The highest BCUT2D eigenvalue weighted by Gasteiger charge is 1.89. The zero-order valence-electron chi connectivity index (χ0n) is 48.0. The second-order valence-corrected chi connectivity index (χ2v) is 19.3. The van der Waals surface area contributed by atoms with Gasteiger partial charge in [-0.25, -0.2) is 0 Å². The van der Waals surface area contributed by atoms with E-state index in [1.165, 1.54) is 117 Å². The van der Waals surface area contributed by atoms with Gasteiger partial charge in [0.2, 0.25) is 0 Å². The lowest BCUT2D eigenvalue weighted by Crippen LogP contribution is -1.95. The van der Waals surface area contributed by atoms with Gasteiger partial charge in [-0.3, -0.25) is 9.59 Å². The summed E-state index contributed by atoms with van der Waals surface area (Å²) in [7, 11) is 0. The number of esters is 2. The molecule has 4 nitrogen and oxygen atoms in total. The Labute approximate surface area is 386 Å². The molecule has 0 aromatic carbocycles. The number of ether oxygens (including phenoxy) is 2. The Hall–Kier alpha value is -1.06. The highest BCUT2D eigenvalue weighted by Crippen LogP contribution is 2.04. The summed E-state index contributed by atoms with van der Waals surface area (Å²) in [4.78, 5) is 19.6. The fraction of sp³-hybridized carbons (Fsp3) is 0.964. The van der Waals surface area contributed by atoms with E-state index >= 15 is 0 Å². The van der Waals surface area contributed by atoms with E-state index in [0.717, 1.165) is 47.3 Å². The van der Waals surface area contributed by atoms with E-state index in [1.54, 1.807) is 13.8 Å². The number of hydrogen-bond donors (Lipinski definition) is 0. The van der Waals surface area contributed by atoms with Gasteiger partial charge >= 0.3 is 11.9 Å². The first-order chi connectivity index (χ1) is 27.7. The Bertz CT molecular complexity index is 512.